The highest BCUT2D eigenvalue weighted by molar-refractivity contribution is 5.88. The molecule has 0 spiro atoms. The fourth-order valence-corrected chi connectivity index (χ4v) is 14.4. The Hall–Kier alpha value is -3.07. The number of halogens is 2. The summed E-state index contributed by atoms with van der Waals surface area (Å²) >= 11 is 0. The zero-order chi connectivity index (χ0) is 39.2. The SMILES string of the molecule is C=C(C)[C@@H]1CC[C@]2(CN[C@@H](CC(=O)O)C(=O)N3CCC(F)(F)C3)CC[C@]3(C)[C@H](CC[C@@H]4[C@@]5(C)CC=C(c6ccc(C(=O)O)cc6)C(C)(C)[C@@H]5CC[C@]43C)[C@@H]12. The zero-order valence-corrected chi connectivity index (χ0v) is 33.3. The fourth-order valence-electron chi connectivity index (χ4n) is 14.4. The van der Waals surface area contributed by atoms with Gasteiger partial charge in [0, 0.05) is 19.5 Å². The van der Waals surface area contributed by atoms with E-state index in [0.717, 1.165) is 68.3 Å². The van der Waals surface area contributed by atoms with Crippen molar-refractivity contribution in [2.24, 2.45) is 56.7 Å². The number of fused-ring (bicyclic) bond motifs is 7. The summed E-state index contributed by atoms with van der Waals surface area (Å²) in [4.78, 5) is 38.2. The van der Waals surface area contributed by atoms with E-state index in [4.69, 9.17) is 0 Å². The molecule has 1 heterocycles. The molecule has 0 bridgehead atoms. The lowest BCUT2D eigenvalue weighted by Gasteiger charge is -2.72. The van der Waals surface area contributed by atoms with E-state index in [0.29, 0.717) is 41.7 Å². The molecule has 1 aromatic rings. The number of benzene rings is 1. The number of hydrogen-bond acceptors (Lipinski definition) is 4. The Morgan fingerprint density at radius 1 is 0.907 bits per heavy atom. The molecule has 1 aliphatic heterocycles. The van der Waals surface area contributed by atoms with Crippen LogP contribution in [0.5, 0.6) is 0 Å². The van der Waals surface area contributed by atoms with Gasteiger partial charge in [0.15, 0.2) is 0 Å². The summed E-state index contributed by atoms with van der Waals surface area (Å²) in [6.07, 6.45) is 11.3. The first-order valence-electron chi connectivity index (χ1n) is 20.5. The van der Waals surface area contributed by atoms with E-state index in [9.17, 15) is 33.4 Å². The van der Waals surface area contributed by atoms with Gasteiger partial charge in [-0.3, -0.25) is 9.59 Å². The van der Waals surface area contributed by atoms with E-state index < -0.39 is 42.8 Å². The van der Waals surface area contributed by atoms with Gasteiger partial charge in [0.05, 0.1) is 24.6 Å². The molecule has 54 heavy (non-hydrogen) atoms. The molecular formula is C45H62F2N2O5. The Bertz CT molecular complexity index is 1740. The van der Waals surface area contributed by atoms with E-state index in [-0.39, 0.29) is 40.0 Å². The van der Waals surface area contributed by atoms with Crippen LogP contribution in [0.4, 0.5) is 8.78 Å². The smallest absolute Gasteiger partial charge is 0.335 e. The predicted molar refractivity (Wildman–Crippen MR) is 206 cm³/mol. The number of alkyl halides is 2. The minimum absolute atomic E-state index is 0.0523. The van der Waals surface area contributed by atoms with Gasteiger partial charge in [0.1, 0.15) is 0 Å². The summed E-state index contributed by atoms with van der Waals surface area (Å²) in [6.45, 7) is 19.0. The minimum atomic E-state index is -2.94. The number of hydrogen-bond donors (Lipinski definition) is 3. The highest BCUT2D eigenvalue weighted by Gasteiger charge is 2.70. The Kier molecular flexibility index (Phi) is 9.62. The summed E-state index contributed by atoms with van der Waals surface area (Å²) in [5.41, 5.74) is 4.09. The van der Waals surface area contributed by atoms with Crippen LogP contribution in [-0.2, 0) is 9.59 Å². The van der Waals surface area contributed by atoms with Crippen LogP contribution < -0.4 is 5.32 Å². The second-order valence-corrected chi connectivity index (χ2v) is 19.9. The van der Waals surface area contributed by atoms with E-state index in [2.05, 4.69) is 59.5 Å². The molecule has 1 saturated heterocycles. The number of carbonyl (C=O) groups is 3. The third-order valence-corrected chi connectivity index (χ3v) is 17.1. The van der Waals surface area contributed by atoms with Gasteiger partial charge in [-0.2, -0.15) is 0 Å². The zero-order valence-electron chi connectivity index (χ0n) is 33.3. The summed E-state index contributed by atoms with van der Waals surface area (Å²) in [7, 11) is 0. The van der Waals surface area contributed by atoms with Crippen molar-refractivity contribution in [3.05, 3.63) is 53.6 Å². The number of aliphatic carboxylic acids is 1. The predicted octanol–water partition coefficient (Wildman–Crippen LogP) is 9.34. The maximum absolute atomic E-state index is 14.1. The van der Waals surface area contributed by atoms with Crippen molar-refractivity contribution in [2.45, 2.75) is 124 Å². The maximum atomic E-state index is 14.1. The summed E-state index contributed by atoms with van der Waals surface area (Å²) in [6, 6.07) is 6.37. The molecule has 0 aromatic heterocycles. The maximum Gasteiger partial charge on any atom is 0.335 e. The first-order chi connectivity index (χ1) is 25.2. The van der Waals surface area contributed by atoms with E-state index in [1.165, 1.54) is 11.1 Å². The molecule has 1 aromatic carbocycles. The molecule has 7 rings (SSSR count). The number of carbonyl (C=O) groups excluding carboxylic acids is 1. The van der Waals surface area contributed by atoms with Crippen LogP contribution in [0.1, 0.15) is 128 Å². The molecule has 9 heteroatoms. The Morgan fingerprint density at radius 2 is 1.61 bits per heavy atom. The van der Waals surface area contributed by atoms with Crippen LogP contribution in [0.15, 0.2) is 42.5 Å². The molecule has 296 valence electrons. The van der Waals surface area contributed by atoms with Crippen LogP contribution in [-0.4, -0.2) is 64.6 Å². The van der Waals surface area contributed by atoms with Crippen LogP contribution >= 0.6 is 0 Å². The molecule has 5 fully saturated rings. The van der Waals surface area contributed by atoms with E-state index >= 15 is 0 Å². The van der Waals surface area contributed by atoms with Crippen LogP contribution in [0, 0.1) is 56.7 Å². The molecular weight excluding hydrogens is 687 g/mol. The normalized spacial score (nSPS) is 39.7. The largest absolute Gasteiger partial charge is 0.481 e. The number of likely N-dealkylation sites (tertiary alicyclic amines) is 1. The van der Waals surface area contributed by atoms with Gasteiger partial charge in [-0.25, -0.2) is 13.6 Å². The van der Waals surface area contributed by atoms with Crippen molar-refractivity contribution in [1.82, 2.24) is 10.2 Å². The monoisotopic (exact) mass is 748 g/mol. The summed E-state index contributed by atoms with van der Waals surface area (Å²) in [5.74, 6) is -3.29. The second kappa shape index (κ2) is 13.3. The molecule has 1 amide bonds. The van der Waals surface area contributed by atoms with Gasteiger partial charge < -0.3 is 20.4 Å². The van der Waals surface area contributed by atoms with Gasteiger partial charge >= 0.3 is 11.9 Å². The number of amides is 1. The number of rotatable bonds is 9. The molecule has 3 N–H and O–H groups in total. The fraction of sp³-hybridized carbons (Fsp3) is 0.711. The standard InChI is InChI=1S/C45H62F2N2O5/c1-27(2)30-14-19-44(25-48-33(24-36(50)51)38(52)49-23-22-45(46,47)26-49)21-20-42(6)32(37(30)44)12-13-35-41(5)17-15-31(28-8-10-29(11-9-28)39(53)54)40(3,4)34(41)16-18-43(35,42)7/h8-11,15,30,32-35,37,48H,1,12-14,16-26H2,2-7H3,(H,50,51)(H,53,54)/t30-,32+,33-,34-,35+,37+,41-,42+,43+,44+/m0/s1. The lowest BCUT2D eigenvalue weighted by atomic mass is 9.32. The highest BCUT2D eigenvalue weighted by atomic mass is 19.3. The van der Waals surface area contributed by atoms with Crippen LogP contribution in [0.25, 0.3) is 5.57 Å². The number of carboxylic acids is 2. The second-order valence-electron chi connectivity index (χ2n) is 19.9. The Morgan fingerprint density at radius 3 is 2.22 bits per heavy atom. The molecule has 10 atom stereocenters. The third kappa shape index (κ3) is 6.00. The van der Waals surface area contributed by atoms with Crippen molar-refractivity contribution in [1.29, 1.82) is 0 Å². The average molecular weight is 749 g/mol. The Balaban J connectivity index is 1.16. The van der Waals surface area contributed by atoms with Crippen molar-refractivity contribution < 1.29 is 33.4 Å². The number of carboxylic acid groups (broad SMARTS) is 2. The van der Waals surface area contributed by atoms with Crippen molar-refractivity contribution in [3.63, 3.8) is 0 Å². The molecule has 0 radical (unpaired) electrons. The Labute approximate surface area is 320 Å². The number of nitrogens with one attached hydrogen (secondary N) is 1. The average Bonchev–Trinajstić information content (AvgIpc) is 3.66. The van der Waals surface area contributed by atoms with Crippen molar-refractivity contribution >= 4 is 23.4 Å². The summed E-state index contributed by atoms with van der Waals surface area (Å²) < 4.78 is 28.2. The summed E-state index contributed by atoms with van der Waals surface area (Å²) in [5, 5.41) is 22.7. The number of aromatic carboxylic acids is 1. The quantitative estimate of drug-likeness (QED) is 0.218. The molecule has 4 saturated carbocycles. The number of allylic oxidation sites excluding steroid dienone is 3. The molecule has 5 aliphatic carbocycles. The topological polar surface area (TPSA) is 107 Å². The van der Waals surface area contributed by atoms with Crippen LogP contribution in [0.3, 0.4) is 0 Å². The van der Waals surface area contributed by atoms with Crippen molar-refractivity contribution in [3.8, 4) is 0 Å². The van der Waals surface area contributed by atoms with Gasteiger partial charge in [-0.15, -0.1) is 0 Å². The lowest BCUT2D eigenvalue weighted by Crippen LogP contribution is -2.66. The number of nitrogens with zero attached hydrogens (tertiary/aromatic N) is 1. The van der Waals surface area contributed by atoms with Crippen LogP contribution in [0.2, 0.25) is 0 Å². The molecule has 0 unspecified atom stereocenters. The van der Waals surface area contributed by atoms with E-state index in [1.807, 2.05) is 12.1 Å². The van der Waals surface area contributed by atoms with E-state index in [1.54, 1.807) is 12.1 Å². The molecule has 6 aliphatic rings. The van der Waals surface area contributed by atoms with Gasteiger partial charge in [-0.1, -0.05) is 65.0 Å². The lowest BCUT2D eigenvalue weighted by molar-refractivity contribution is -0.225. The van der Waals surface area contributed by atoms with Gasteiger partial charge in [0.2, 0.25) is 5.91 Å². The minimum Gasteiger partial charge on any atom is -0.481 e. The highest BCUT2D eigenvalue weighted by Crippen LogP contribution is 2.77. The van der Waals surface area contributed by atoms with Gasteiger partial charge in [-0.05, 0) is 145 Å². The van der Waals surface area contributed by atoms with Crippen molar-refractivity contribution in [2.75, 3.05) is 19.6 Å². The van der Waals surface area contributed by atoms with Gasteiger partial charge in [0.25, 0.3) is 5.92 Å². The molecule has 7 nitrogen and oxygen atoms in total. The first kappa shape index (κ1) is 39.2. The third-order valence-electron chi connectivity index (χ3n) is 17.1. The first-order valence-corrected chi connectivity index (χ1v) is 20.5.